The van der Waals surface area contributed by atoms with Crippen LogP contribution in [0, 0.1) is 11.6 Å². The van der Waals surface area contributed by atoms with Crippen molar-refractivity contribution in [3.8, 4) is 5.75 Å². The van der Waals surface area contributed by atoms with Gasteiger partial charge in [-0.05, 0) is 44.2 Å². The fourth-order valence-electron chi connectivity index (χ4n) is 3.82. The molecule has 1 N–H and O–H groups in total. The zero-order valence-electron chi connectivity index (χ0n) is 17.5. The molecule has 0 aliphatic heterocycles. The minimum atomic E-state index is -1.18. The first-order valence-corrected chi connectivity index (χ1v) is 10.4. The van der Waals surface area contributed by atoms with Crippen LogP contribution in [0.3, 0.4) is 0 Å². The van der Waals surface area contributed by atoms with E-state index >= 15 is 0 Å². The van der Waals surface area contributed by atoms with E-state index in [1.807, 2.05) is 37.3 Å². The summed E-state index contributed by atoms with van der Waals surface area (Å²) in [5.41, 5.74) is 0.619. The number of ether oxygens (including phenoxy) is 1. The third kappa shape index (κ3) is 4.17. The van der Waals surface area contributed by atoms with E-state index in [1.54, 1.807) is 4.57 Å². The molecule has 1 atom stereocenters. The van der Waals surface area contributed by atoms with Crippen LogP contribution < -0.4 is 15.5 Å². The molecule has 1 aliphatic carbocycles. The molecule has 4 rings (SSSR count). The fraction of sp³-hybridized carbons (Fsp3) is 0.333. The van der Waals surface area contributed by atoms with Crippen molar-refractivity contribution < 1.29 is 18.3 Å². The zero-order chi connectivity index (χ0) is 22.1. The number of fused-ring (bicyclic) bond motifs is 1. The minimum Gasteiger partial charge on any atom is -0.491 e. The summed E-state index contributed by atoms with van der Waals surface area (Å²) in [6, 6.07) is 10.6. The molecule has 1 heterocycles. The number of carbonyl (C=O) groups is 1. The van der Waals surface area contributed by atoms with E-state index in [1.165, 1.54) is 13.3 Å². The van der Waals surface area contributed by atoms with Crippen LogP contribution in [0.5, 0.6) is 5.75 Å². The summed E-state index contributed by atoms with van der Waals surface area (Å²) in [5.74, 6) is -3.17. The van der Waals surface area contributed by atoms with Gasteiger partial charge in [0, 0.05) is 18.3 Å². The van der Waals surface area contributed by atoms with Gasteiger partial charge in [0.25, 0.3) is 5.91 Å². The summed E-state index contributed by atoms with van der Waals surface area (Å²) in [4.78, 5) is 25.9. The van der Waals surface area contributed by atoms with Gasteiger partial charge < -0.3 is 14.6 Å². The number of methoxy groups -OCH3 is 1. The molecule has 1 fully saturated rings. The van der Waals surface area contributed by atoms with Crippen molar-refractivity contribution in [2.24, 2.45) is 0 Å². The third-order valence-electron chi connectivity index (χ3n) is 5.64. The van der Waals surface area contributed by atoms with Crippen molar-refractivity contribution in [3.05, 3.63) is 75.6 Å². The smallest absolute Gasteiger partial charge is 0.256 e. The highest BCUT2D eigenvalue weighted by atomic mass is 19.2. The third-order valence-corrected chi connectivity index (χ3v) is 5.64. The highest BCUT2D eigenvalue weighted by Gasteiger charge is 2.30. The van der Waals surface area contributed by atoms with Crippen LogP contribution >= 0.6 is 0 Å². The summed E-state index contributed by atoms with van der Waals surface area (Å²) in [7, 11) is 1.23. The second-order valence-electron chi connectivity index (χ2n) is 8.01. The SMILES string of the molecule is COc1c(F)c(F)cc2c(=O)c(C(=O)N[C@H](C)CCc3ccccc3)cn(C3CC3)c12. The van der Waals surface area contributed by atoms with Gasteiger partial charge in [0.15, 0.2) is 11.6 Å². The summed E-state index contributed by atoms with van der Waals surface area (Å²) >= 11 is 0. The number of carbonyl (C=O) groups excluding carboxylic acids is 1. The molecule has 0 unspecified atom stereocenters. The molecular weight excluding hydrogens is 402 g/mol. The number of nitrogens with zero attached hydrogens (tertiary/aromatic N) is 1. The average Bonchev–Trinajstić information content (AvgIpc) is 3.60. The number of nitrogens with one attached hydrogen (secondary N) is 1. The maximum atomic E-state index is 14.3. The lowest BCUT2D eigenvalue weighted by Gasteiger charge is -2.18. The topological polar surface area (TPSA) is 60.3 Å². The van der Waals surface area contributed by atoms with Crippen LogP contribution in [0.4, 0.5) is 8.78 Å². The molecule has 0 spiro atoms. The van der Waals surface area contributed by atoms with E-state index in [0.717, 1.165) is 30.9 Å². The van der Waals surface area contributed by atoms with Crippen LogP contribution in [-0.2, 0) is 6.42 Å². The number of halogens is 2. The van der Waals surface area contributed by atoms with Gasteiger partial charge in [0.2, 0.25) is 11.2 Å². The second-order valence-corrected chi connectivity index (χ2v) is 8.01. The Morgan fingerprint density at radius 1 is 1.26 bits per heavy atom. The minimum absolute atomic E-state index is 0.0175. The van der Waals surface area contributed by atoms with Gasteiger partial charge in [0.1, 0.15) is 5.56 Å². The first kappa shape index (κ1) is 21.0. The molecule has 1 saturated carbocycles. The number of aromatic nitrogens is 1. The monoisotopic (exact) mass is 426 g/mol. The molecule has 0 saturated heterocycles. The predicted molar refractivity (Wildman–Crippen MR) is 115 cm³/mol. The summed E-state index contributed by atoms with van der Waals surface area (Å²) in [6.07, 6.45) is 4.59. The van der Waals surface area contributed by atoms with E-state index < -0.39 is 23.0 Å². The van der Waals surface area contributed by atoms with Gasteiger partial charge in [0.05, 0.1) is 18.0 Å². The Labute approximate surface area is 178 Å². The number of amides is 1. The highest BCUT2D eigenvalue weighted by molar-refractivity contribution is 5.98. The van der Waals surface area contributed by atoms with Gasteiger partial charge >= 0.3 is 0 Å². The van der Waals surface area contributed by atoms with E-state index in [-0.39, 0.29) is 34.3 Å². The maximum absolute atomic E-state index is 14.3. The van der Waals surface area contributed by atoms with E-state index in [9.17, 15) is 18.4 Å². The molecule has 0 radical (unpaired) electrons. The largest absolute Gasteiger partial charge is 0.491 e. The first-order valence-electron chi connectivity index (χ1n) is 10.4. The predicted octanol–water partition coefficient (Wildman–Crippen LogP) is 4.37. The number of benzene rings is 2. The van der Waals surface area contributed by atoms with E-state index in [2.05, 4.69) is 5.32 Å². The van der Waals surface area contributed by atoms with Gasteiger partial charge in [-0.2, -0.15) is 4.39 Å². The number of pyridine rings is 1. The zero-order valence-corrected chi connectivity index (χ0v) is 17.5. The Hall–Kier alpha value is -3.22. The van der Waals surface area contributed by atoms with E-state index in [4.69, 9.17) is 4.74 Å². The van der Waals surface area contributed by atoms with Gasteiger partial charge in [-0.3, -0.25) is 9.59 Å². The maximum Gasteiger partial charge on any atom is 0.256 e. The highest BCUT2D eigenvalue weighted by Crippen LogP contribution is 2.40. The van der Waals surface area contributed by atoms with Crippen LogP contribution in [0.25, 0.3) is 10.9 Å². The van der Waals surface area contributed by atoms with Crippen LogP contribution in [0.2, 0.25) is 0 Å². The Bertz CT molecular complexity index is 1190. The lowest BCUT2D eigenvalue weighted by molar-refractivity contribution is 0.0937. The number of rotatable bonds is 7. The number of hydrogen-bond donors (Lipinski definition) is 1. The molecule has 1 amide bonds. The molecule has 1 aromatic heterocycles. The molecule has 2 aromatic carbocycles. The van der Waals surface area contributed by atoms with Gasteiger partial charge in [-0.15, -0.1) is 0 Å². The molecule has 3 aromatic rings. The normalized spacial score (nSPS) is 14.5. The number of hydrogen-bond acceptors (Lipinski definition) is 3. The van der Waals surface area contributed by atoms with Crippen molar-refractivity contribution in [2.75, 3.05) is 7.11 Å². The van der Waals surface area contributed by atoms with Gasteiger partial charge in [-0.1, -0.05) is 30.3 Å². The fourth-order valence-corrected chi connectivity index (χ4v) is 3.82. The van der Waals surface area contributed by atoms with Crippen molar-refractivity contribution in [1.29, 1.82) is 0 Å². The Morgan fingerprint density at radius 2 is 1.97 bits per heavy atom. The molecule has 1 aliphatic rings. The molecule has 7 heteroatoms. The van der Waals surface area contributed by atoms with Crippen molar-refractivity contribution >= 4 is 16.8 Å². The Kier molecular flexibility index (Phi) is 5.76. The van der Waals surface area contributed by atoms with Crippen molar-refractivity contribution in [1.82, 2.24) is 9.88 Å². The molecule has 0 bridgehead atoms. The Morgan fingerprint density at radius 3 is 2.61 bits per heavy atom. The Balaban J connectivity index is 1.66. The first-order chi connectivity index (χ1) is 14.9. The molecule has 31 heavy (non-hydrogen) atoms. The summed E-state index contributed by atoms with van der Waals surface area (Å²) < 4.78 is 35.2. The average molecular weight is 426 g/mol. The van der Waals surface area contributed by atoms with Gasteiger partial charge in [-0.25, -0.2) is 4.39 Å². The molecule has 5 nitrogen and oxygen atoms in total. The van der Waals surface area contributed by atoms with Crippen molar-refractivity contribution in [3.63, 3.8) is 0 Å². The van der Waals surface area contributed by atoms with E-state index in [0.29, 0.717) is 6.42 Å². The van der Waals surface area contributed by atoms with Crippen molar-refractivity contribution in [2.45, 2.75) is 44.7 Å². The van der Waals surface area contributed by atoms with Crippen LogP contribution in [0.15, 0.2) is 47.4 Å². The summed E-state index contributed by atoms with van der Waals surface area (Å²) in [5, 5.41) is 2.80. The van der Waals surface area contributed by atoms with Crippen LogP contribution in [0.1, 0.15) is 48.1 Å². The quantitative estimate of drug-likeness (QED) is 0.610. The molecular formula is C24H24F2N2O3. The lowest BCUT2D eigenvalue weighted by Crippen LogP contribution is -2.36. The summed E-state index contributed by atoms with van der Waals surface area (Å²) in [6.45, 7) is 1.87. The standard InChI is InChI=1S/C24H24F2N2O3/c1-14(8-9-15-6-4-3-5-7-15)27-24(30)18-13-28(16-10-11-16)21-17(22(18)29)12-19(25)20(26)23(21)31-2/h3-7,12-14,16H,8-11H2,1-2H3,(H,27,30)/t14-/m1/s1. The van der Waals surface area contributed by atoms with Crippen LogP contribution in [-0.4, -0.2) is 23.6 Å². The lowest BCUT2D eigenvalue weighted by atomic mass is 10.1. The number of aryl methyl sites for hydroxylation is 1. The molecule has 162 valence electrons. The second kappa shape index (κ2) is 8.49.